The van der Waals surface area contributed by atoms with Crippen molar-refractivity contribution in [2.24, 2.45) is 5.73 Å². The Kier molecular flexibility index (Phi) is 5.66. The van der Waals surface area contributed by atoms with Gasteiger partial charge >= 0.3 is 0 Å². The zero-order chi connectivity index (χ0) is 21.6. The van der Waals surface area contributed by atoms with Gasteiger partial charge in [-0.05, 0) is 36.4 Å². The number of anilines is 3. The van der Waals surface area contributed by atoms with Gasteiger partial charge in [-0.3, -0.25) is 19.7 Å². The van der Waals surface area contributed by atoms with Crippen molar-refractivity contribution < 1.29 is 9.59 Å². The molecule has 9 nitrogen and oxygen atoms in total. The summed E-state index contributed by atoms with van der Waals surface area (Å²) in [6, 6.07) is 17.8. The van der Waals surface area contributed by atoms with Gasteiger partial charge in [-0.25, -0.2) is 4.98 Å². The molecule has 4 rings (SSSR count). The maximum atomic E-state index is 12.2. The summed E-state index contributed by atoms with van der Waals surface area (Å²) in [6.45, 7) is 0. The fourth-order valence-electron chi connectivity index (χ4n) is 3.03. The number of nitrogens with zero attached hydrogens (tertiary/aromatic N) is 3. The van der Waals surface area contributed by atoms with Crippen molar-refractivity contribution in [1.29, 1.82) is 0 Å². The molecule has 3 aromatic heterocycles. The summed E-state index contributed by atoms with van der Waals surface area (Å²) < 4.78 is 0. The molecule has 4 aromatic rings. The SMILES string of the molecule is NC(=O)c1c(Nc2ccccn2)n[nH]c1-c1ccc(NC(=O)Cc2ccccn2)cc1. The van der Waals surface area contributed by atoms with Crippen LogP contribution in [0.25, 0.3) is 11.3 Å². The lowest BCUT2D eigenvalue weighted by Crippen LogP contribution is -2.15. The first-order valence-electron chi connectivity index (χ1n) is 9.46. The minimum Gasteiger partial charge on any atom is -0.365 e. The van der Waals surface area contributed by atoms with Crippen molar-refractivity contribution in [1.82, 2.24) is 20.2 Å². The van der Waals surface area contributed by atoms with Crippen LogP contribution < -0.4 is 16.4 Å². The molecule has 154 valence electrons. The lowest BCUT2D eigenvalue weighted by atomic mass is 10.1. The van der Waals surface area contributed by atoms with Gasteiger partial charge < -0.3 is 16.4 Å². The lowest BCUT2D eigenvalue weighted by molar-refractivity contribution is -0.115. The van der Waals surface area contributed by atoms with Crippen LogP contribution in [0.1, 0.15) is 16.1 Å². The monoisotopic (exact) mass is 413 g/mol. The molecule has 0 radical (unpaired) electrons. The van der Waals surface area contributed by atoms with E-state index in [4.69, 9.17) is 5.73 Å². The van der Waals surface area contributed by atoms with Crippen LogP contribution in [-0.2, 0) is 11.2 Å². The Hall–Kier alpha value is -4.53. The summed E-state index contributed by atoms with van der Waals surface area (Å²) in [6.07, 6.45) is 3.45. The van der Waals surface area contributed by atoms with Gasteiger partial charge in [-0.1, -0.05) is 24.3 Å². The zero-order valence-electron chi connectivity index (χ0n) is 16.4. The second kappa shape index (κ2) is 8.87. The Morgan fingerprint density at radius 3 is 2.32 bits per heavy atom. The highest BCUT2D eigenvalue weighted by Crippen LogP contribution is 2.28. The number of primary amides is 1. The molecular weight excluding hydrogens is 394 g/mol. The van der Waals surface area contributed by atoms with Crippen molar-refractivity contribution in [3.63, 3.8) is 0 Å². The molecule has 0 aliphatic carbocycles. The minimum atomic E-state index is -0.630. The molecule has 0 unspecified atom stereocenters. The number of carbonyl (C=O) groups excluding carboxylic acids is 2. The van der Waals surface area contributed by atoms with Crippen LogP contribution in [0.3, 0.4) is 0 Å². The lowest BCUT2D eigenvalue weighted by Gasteiger charge is -2.07. The van der Waals surface area contributed by atoms with Crippen LogP contribution in [0.15, 0.2) is 73.1 Å². The second-order valence-electron chi connectivity index (χ2n) is 6.65. The molecule has 0 aliphatic heterocycles. The molecule has 0 atom stereocenters. The number of amides is 2. The van der Waals surface area contributed by atoms with E-state index in [1.54, 1.807) is 60.9 Å². The molecule has 2 amide bonds. The highest BCUT2D eigenvalue weighted by Gasteiger charge is 2.20. The summed E-state index contributed by atoms with van der Waals surface area (Å²) >= 11 is 0. The van der Waals surface area contributed by atoms with Gasteiger partial charge in [0.25, 0.3) is 5.91 Å². The number of hydrogen-bond acceptors (Lipinski definition) is 6. The van der Waals surface area contributed by atoms with Gasteiger partial charge in [-0.15, -0.1) is 0 Å². The number of rotatable bonds is 7. The van der Waals surface area contributed by atoms with Gasteiger partial charge in [0.15, 0.2) is 5.82 Å². The van der Waals surface area contributed by atoms with Crippen LogP contribution in [0, 0.1) is 0 Å². The summed E-state index contributed by atoms with van der Waals surface area (Å²) in [5, 5.41) is 12.8. The molecular formula is C22H19N7O2. The highest BCUT2D eigenvalue weighted by molar-refractivity contribution is 6.04. The van der Waals surface area contributed by atoms with E-state index in [0.29, 0.717) is 28.5 Å². The van der Waals surface area contributed by atoms with Crippen LogP contribution in [0.5, 0.6) is 0 Å². The topological polar surface area (TPSA) is 139 Å². The molecule has 0 spiro atoms. The van der Waals surface area contributed by atoms with E-state index >= 15 is 0 Å². The normalized spacial score (nSPS) is 10.5. The summed E-state index contributed by atoms with van der Waals surface area (Å²) in [5.74, 6) is 0.0190. The number of hydrogen-bond donors (Lipinski definition) is 4. The van der Waals surface area contributed by atoms with E-state index in [0.717, 1.165) is 0 Å². The van der Waals surface area contributed by atoms with Gasteiger partial charge in [0.05, 0.1) is 12.1 Å². The van der Waals surface area contributed by atoms with Crippen LogP contribution in [0.2, 0.25) is 0 Å². The molecule has 5 N–H and O–H groups in total. The summed E-state index contributed by atoms with van der Waals surface area (Å²) in [5.41, 5.74) is 8.29. The Morgan fingerprint density at radius 1 is 0.935 bits per heavy atom. The van der Waals surface area contributed by atoms with E-state index in [1.807, 2.05) is 12.1 Å². The average Bonchev–Trinajstić information content (AvgIpc) is 3.19. The van der Waals surface area contributed by atoms with Gasteiger partial charge in [0, 0.05) is 29.3 Å². The highest BCUT2D eigenvalue weighted by atomic mass is 16.2. The number of aromatic nitrogens is 4. The van der Waals surface area contributed by atoms with E-state index in [2.05, 4.69) is 30.8 Å². The maximum absolute atomic E-state index is 12.2. The molecule has 0 saturated carbocycles. The summed E-state index contributed by atoms with van der Waals surface area (Å²) in [7, 11) is 0. The second-order valence-corrected chi connectivity index (χ2v) is 6.65. The standard InChI is InChI=1S/C22H19N7O2/c23-21(31)19-20(28-29-22(19)27-17-6-2-4-12-25-17)14-7-9-15(10-8-14)26-18(30)13-16-5-1-3-11-24-16/h1-12H,13H2,(H2,23,31)(H,26,30)(H2,25,27,28,29). The molecule has 0 bridgehead atoms. The fourth-order valence-corrected chi connectivity index (χ4v) is 3.03. The number of benzene rings is 1. The van der Waals surface area contributed by atoms with E-state index in [-0.39, 0.29) is 23.7 Å². The number of nitrogens with one attached hydrogen (secondary N) is 3. The van der Waals surface area contributed by atoms with Crippen LogP contribution in [-0.4, -0.2) is 32.0 Å². The minimum absolute atomic E-state index is 0.173. The molecule has 0 aliphatic rings. The smallest absolute Gasteiger partial charge is 0.254 e. The van der Waals surface area contributed by atoms with Crippen molar-refractivity contribution in [2.45, 2.75) is 6.42 Å². The fraction of sp³-hybridized carbons (Fsp3) is 0.0455. The number of carbonyl (C=O) groups is 2. The number of pyridine rings is 2. The predicted octanol–water partition coefficient (Wildman–Crippen LogP) is 2.89. The molecule has 3 heterocycles. The Labute approximate surface area is 177 Å². The Morgan fingerprint density at radius 2 is 1.68 bits per heavy atom. The van der Waals surface area contributed by atoms with Gasteiger partial charge in [0.2, 0.25) is 5.91 Å². The third-order valence-corrected chi connectivity index (χ3v) is 4.45. The van der Waals surface area contributed by atoms with Gasteiger partial charge in [-0.2, -0.15) is 5.10 Å². The average molecular weight is 413 g/mol. The van der Waals surface area contributed by atoms with E-state index in [1.165, 1.54) is 0 Å². The van der Waals surface area contributed by atoms with Crippen molar-refractivity contribution in [3.8, 4) is 11.3 Å². The summed E-state index contributed by atoms with van der Waals surface area (Å²) in [4.78, 5) is 32.6. The molecule has 31 heavy (non-hydrogen) atoms. The molecule has 0 saturated heterocycles. The molecule has 9 heteroatoms. The zero-order valence-corrected chi connectivity index (χ0v) is 16.4. The maximum Gasteiger partial charge on any atom is 0.254 e. The Balaban J connectivity index is 1.51. The van der Waals surface area contributed by atoms with Crippen LogP contribution >= 0.6 is 0 Å². The Bertz CT molecular complexity index is 1190. The first kappa shape index (κ1) is 19.8. The quantitative estimate of drug-likeness (QED) is 0.367. The third-order valence-electron chi connectivity index (χ3n) is 4.45. The van der Waals surface area contributed by atoms with Crippen LogP contribution in [0.4, 0.5) is 17.3 Å². The van der Waals surface area contributed by atoms with E-state index in [9.17, 15) is 9.59 Å². The van der Waals surface area contributed by atoms with E-state index < -0.39 is 5.91 Å². The largest absolute Gasteiger partial charge is 0.365 e. The molecule has 1 aromatic carbocycles. The first-order chi connectivity index (χ1) is 15.1. The predicted molar refractivity (Wildman–Crippen MR) is 117 cm³/mol. The number of nitrogens with two attached hydrogens (primary N) is 1. The van der Waals surface area contributed by atoms with Crippen molar-refractivity contribution in [3.05, 3.63) is 84.3 Å². The van der Waals surface area contributed by atoms with Crippen molar-refractivity contribution >= 4 is 29.1 Å². The first-order valence-corrected chi connectivity index (χ1v) is 9.46. The molecule has 0 fully saturated rings. The third kappa shape index (κ3) is 4.73. The number of aromatic amines is 1. The van der Waals surface area contributed by atoms with Crippen molar-refractivity contribution in [2.75, 3.05) is 10.6 Å². The number of H-pyrrole nitrogens is 1. The van der Waals surface area contributed by atoms with Gasteiger partial charge in [0.1, 0.15) is 11.4 Å².